The first-order chi connectivity index (χ1) is 6.24. The maximum Gasteiger partial charge on any atom is 0.125 e. The molecule has 0 unspecified atom stereocenters. The van der Waals surface area contributed by atoms with Gasteiger partial charge < -0.3 is 5.73 Å². The number of hydrogen-bond donors (Lipinski definition) is 1. The van der Waals surface area contributed by atoms with Gasteiger partial charge in [0.1, 0.15) is 5.82 Å². The number of allylic oxidation sites excluding steroid dienone is 1. The maximum absolute atomic E-state index is 12.6. The highest BCUT2D eigenvalue weighted by molar-refractivity contribution is 7.99. The van der Waals surface area contributed by atoms with Gasteiger partial charge in [0.2, 0.25) is 0 Å². The number of nitrogens with two attached hydrogens (primary N) is 1. The van der Waals surface area contributed by atoms with Crippen LogP contribution < -0.4 is 5.73 Å². The topological polar surface area (TPSA) is 26.0 Å². The number of halogens is 1. The fourth-order valence-corrected chi connectivity index (χ4v) is 1.74. The molecule has 0 aliphatic rings. The van der Waals surface area contributed by atoms with Crippen LogP contribution in [-0.4, -0.2) is 5.75 Å². The quantitative estimate of drug-likeness (QED) is 0.458. The Morgan fingerprint density at radius 2 is 2.31 bits per heavy atom. The molecular weight excluding hydrogens is 185 g/mol. The predicted octanol–water partition coefficient (Wildman–Crippen LogP) is 3.08. The van der Waals surface area contributed by atoms with E-state index in [4.69, 9.17) is 5.73 Å². The van der Waals surface area contributed by atoms with Gasteiger partial charge in [-0.1, -0.05) is 12.2 Å². The monoisotopic (exact) mass is 197 g/mol. The van der Waals surface area contributed by atoms with Crippen LogP contribution in [0.5, 0.6) is 0 Å². The lowest BCUT2D eigenvalue weighted by Crippen LogP contribution is -1.89. The second kappa shape index (κ2) is 4.92. The molecule has 0 aliphatic heterocycles. The van der Waals surface area contributed by atoms with Gasteiger partial charge in [-0.05, 0) is 25.1 Å². The molecule has 0 bridgehead atoms. The van der Waals surface area contributed by atoms with E-state index >= 15 is 0 Å². The summed E-state index contributed by atoms with van der Waals surface area (Å²) in [6.45, 7) is 1.97. The average Bonchev–Trinajstić information content (AvgIpc) is 2.09. The molecule has 0 aromatic heterocycles. The van der Waals surface area contributed by atoms with Gasteiger partial charge in [-0.2, -0.15) is 0 Å². The molecule has 0 fully saturated rings. The second-order valence-electron chi connectivity index (χ2n) is 2.56. The summed E-state index contributed by atoms with van der Waals surface area (Å²) in [4.78, 5) is 0.930. The molecule has 0 heterocycles. The lowest BCUT2D eigenvalue weighted by atomic mass is 10.3. The molecule has 0 atom stereocenters. The second-order valence-corrected chi connectivity index (χ2v) is 3.62. The molecule has 0 saturated heterocycles. The van der Waals surface area contributed by atoms with Crippen molar-refractivity contribution in [3.8, 4) is 0 Å². The Hall–Kier alpha value is -0.960. The van der Waals surface area contributed by atoms with E-state index in [1.807, 2.05) is 19.1 Å². The van der Waals surface area contributed by atoms with Crippen LogP contribution in [0.4, 0.5) is 10.1 Å². The number of hydrogen-bond acceptors (Lipinski definition) is 2. The molecular formula is C10H12FNS. The molecule has 2 N–H and O–H groups in total. The summed E-state index contributed by atoms with van der Waals surface area (Å²) >= 11 is 1.60. The Labute approximate surface area is 81.8 Å². The SMILES string of the molecule is C/C=C/CSc1ccc(F)cc1N. The maximum atomic E-state index is 12.6. The van der Waals surface area contributed by atoms with E-state index in [2.05, 4.69) is 0 Å². The summed E-state index contributed by atoms with van der Waals surface area (Å²) in [5.41, 5.74) is 6.13. The summed E-state index contributed by atoms with van der Waals surface area (Å²) < 4.78 is 12.6. The van der Waals surface area contributed by atoms with Crippen LogP contribution in [0.25, 0.3) is 0 Å². The highest BCUT2D eigenvalue weighted by Crippen LogP contribution is 2.25. The van der Waals surface area contributed by atoms with Crippen LogP contribution >= 0.6 is 11.8 Å². The summed E-state index contributed by atoms with van der Waals surface area (Å²) in [5, 5.41) is 0. The first kappa shape index (κ1) is 10.1. The van der Waals surface area contributed by atoms with E-state index in [-0.39, 0.29) is 5.82 Å². The Balaban J connectivity index is 2.66. The zero-order chi connectivity index (χ0) is 9.68. The van der Waals surface area contributed by atoms with E-state index in [1.165, 1.54) is 12.1 Å². The van der Waals surface area contributed by atoms with Crippen LogP contribution in [0.1, 0.15) is 6.92 Å². The molecule has 1 nitrogen and oxygen atoms in total. The molecule has 1 rings (SSSR count). The minimum atomic E-state index is -0.284. The normalized spacial score (nSPS) is 10.9. The third-order valence-electron chi connectivity index (χ3n) is 1.54. The van der Waals surface area contributed by atoms with Crippen molar-refractivity contribution < 1.29 is 4.39 Å². The molecule has 0 spiro atoms. The first-order valence-electron chi connectivity index (χ1n) is 4.03. The Kier molecular flexibility index (Phi) is 3.83. The molecule has 1 aromatic rings. The van der Waals surface area contributed by atoms with Gasteiger partial charge in [-0.15, -0.1) is 11.8 Å². The van der Waals surface area contributed by atoms with Crippen LogP contribution in [0.15, 0.2) is 35.2 Å². The van der Waals surface area contributed by atoms with E-state index in [1.54, 1.807) is 17.8 Å². The largest absolute Gasteiger partial charge is 0.398 e. The van der Waals surface area contributed by atoms with Crippen molar-refractivity contribution in [2.75, 3.05) is 11.5 Å². The summed E-state index contributed by atoms with van der Waals surface area (Å²) in [6.07, 6.45) is 4.01. The third kappa shape index (κ3) is 3.11. The molecule has 0 amide bonds. The molecule has 1 aromatic carbocycles. The molecule has 3 heteroatoms. The number of anilines is 1. The number of thioether (sulfide) groups is 1. The van der Waals surface area contributed by atoms with Crippen molar-refractivity contribution in [1.29, 1.82) is 0 Å². The Bertz CT molecular complexity index is 310. The summed E-state index contributed by atoms with van der Waals surface area (Å²) in [7, 11) is 0. The molecule has 13 heavy (non-hydrogen) atoms. The molecule has 0 radical (unpaired) electrons. The Morgan fingerprint density at radius 1 is 1.54 bits per heavy atom. The van der Waals surface area contributed by atoms with Crippen LogP contribution in [0.3, 0.4) is 0 Å². The zero-order valence-corrected chi connectivity index (χ0v) is 8.27. The molecule has 70 valence electrons. The minimum absolute atomic E-state index is 0.284. The highest BCUT2D eigenvalue weighted by atomic mass is 32.2. The van der Waals surface area contributed by atoms with E-state index in [0.29, 0.717) is 5.69 Å². The van der Waals surface area contributed by atoms with Crippen molar-refractivity contribution in [3.63, 3.8) is 0 Å². The van der Waals surface area contributed by atoms with Crippen LogP contribution in [0.2, 0.25) is 0 Å². The van der Waals surface area contributed by atoms with E-state index < -0.39 is 0 Å². The smallest absolute Gasteiger partial charge is 0.125 e. The van der Waals surface area contributed by atoms with Crippen molar-refractivity contribution in [3.05, 3.63) is 36.2 Å². The summed E-state index contributed by atoms with van der Waals surface area (Å²) in [6, 6.07) is 4.48. The fraction of sp³-hybridized carbons (Fsp3) is 0.200. The molecule has 0 aliphatic carbocycles. The lowest BCUT2D eigenvalue weighted by molar-refractivity contribution is 0.627. The standard InChI is InChI=1S/C10H12FNS/c1-2-3-6-13-10-5-4-8(11)7-9(10)12/h2-5,7H,6,12H2,1H3/b3-2+. The van der Waals surface area contributed by atoms with Crippen LogP contribution in [-0.2, 0) is 0 Å². The van der Waals surface area contributed by atoms with Crippen molar-refractivity contribution in [2.24, 2.45) is 0 Å². The van der Waals surface area contributed by atoms with E-state index in [0.717, 1.165) is 10.6 Å². The van der Waals surface area contributed by atoms with Crippen molar-refractivity contribution in [1.82, 2.24) is 0 Å². The van der Waals surface area contributed by atoms with Gasteiger partial charge in [0.05, 0.1) is 0 Å². The number of rotatable bonds is 3. The third-order valence-corrected chi connectivity index (χ3v) is 2.58. The van der Waals surface area contributed by atoms with Gasteiger partial charge >= 0.3 is 0 Å². The van der Waals surface area contributed by atoms with Crippen LogP contribution in [0, 0.1) is 5.82 Å². The molecule has 0 saturated carbocycles. The van der Waals surface area contributed by atoms with Gasteiger partial charge in [-0.3, -0.25) is 0 Å². The zero-order valence-electron chi connectivity index (χ0n) is 7.46. The highest BCUT2D eigenvalue weighted by Gasteiger charge is 1.99. The summed E-state index contributed by atoms with van der Waals surface area (Å²) in [5.74, 6) is 0.583. The van der Waals surface area contributed by atoms with Gasteiger partial charge in [0.15, 0.2) is 0 Å². The van der Waals surface area contributed by atoms with E-state index in [9.17, 15) is 4.39 Å². The minimum Gasteiger partial charge on any atom is -0.398 e. The average molecular weight is 197 g/mol. The van der Waals surface area contributed by atoms with Gasteiger partial charge in [-0.25, -0.2) is 4.39 Å². The number of nitrogen functional groups attached to an aromatic ring is 1. The lowest BCUT2D eigenvalue weighted by Gasteiger charge is -2.02. The van der Waals surface area contributed by atoms with Gasteiger partial charge in [0.25, 0.3) is 0 Å². The predicted molar refractivity (Wildman–Crippen MR) is 56.4 cm³/mol. The first-order valence-corrected chi connectivity index (χ1v) is 5.01. The Morgan fingerprint density at radius 3 is 2.92 bits per heavy atom. The van der Waals surface area contributed by atoms with Crippen molar-refractivity contribution in [2.45, 2.75) is 11.8 Å². The van der Waals surface area contributed by atoms with Gasteiger partial charge in [0, 0.05) is 16.3 Å². The number of benzene rings is 1. The fourth-order valence-electron chi connectivity index (χ4n) is 0.885. The van der Waals surface area contributed by atoms with Crippen molar-refractivity contribution >= 4 is 17.4 Å².